The number of aliphatic hydroxyl groups excluding tert-OH is 1. The van der Waals surface area contributed by atoms with Crippen LogP contribution >= 0.6 is 0 Å². The van der Waals surface area contributed by atoms with Gasteiger partial charge in [0.25, 0.3) is 0 Å². The second kappa shape index (κ2) is 12.4. The third-order valence-corrected chi connectivity index (χ3v) is 6.13. The van der Waals surface area contributed by atoms with Gasteiger partial charge in [-0.2, -0.15) is 5.26 Å². The van der Waals surface area contributed by atoms with Crippen molar-refractivity contribution >= 4 is 17.1 Å². The van der Waals surface area contributed by atoms with E-state index in [0.29, 0.717) is 6.61 Å². The summed E-state index contributed by atoms with van der Waals surface area (Å²) in [6, 6.07) is 15.0. The minimum Gasteiger partial charge on any atom is -0.394 e. The lowest BCUT2D eigenvalue weighted by Gasteiger charge is -2.34. The maximum Gasteiger partial charge on any atom is 0.141 e. The second-order valence-electron chi connectivity index (χ2n) is 8.55. The molecule has 3 rings (SSSR count). The zero-order valence-electron chi connectivity index (χ0n) is 20.3. The Balaban J connectivity index is 1.80. The predicted octanol–water partition coefficient (Wildman–Crippen LogP) is 5.51. The van der Waals surface area contributed by atoms with Crippen LogP contribution in [-0.4, -0.2) is 44.6 Å². The van der Waals surface area contributed by atoms with Crippen molar-refractivity contribution in [3.63, 3.8) is 0 Å². The Labute approximate surface area is 202 Å². The number of anilines is 2. The molecule has 180 valence electrons. The maximum absolute atomic E-state index is 14.4. The van der Waals surface area contributed by atoms with Gasteiger partial charge >= 0.3 is 0 Å². The van der Waals surface area contributed by atoms with Crippen LogP contribution in [0.1, 0.15) is 44.2 Å². The van der Waals surface area contributed by atoms with Crippen molar-refractivity contribution in [1.29, 1.82) is 5.26 Å². The summed E-state index contributed by atoms with van der Waals surface area (Å²) < 4.78 is 20.1. The van der Waals surface area contributed by atoms with Gasteiger partial charge in [-0.15, -0.1) is 0 Å². The molecule has 1 N–H and O–H groups in total. The molecule has 5 nitrogen and oxygen atoms in total. The lowest BCUT2D eigenvalue weighted by molar-refractivity contribution is 0.0159. The van der Waals surface area contributed by atoms with Gasteiger partial charge in [0.2, 0.25) is 0 Å². The van der Waals surface area contributed by atoms with E-state index < -0.39 is 5.82 Å². The number of nitrogens with zero attached hydrogens (tertiary/aromatic N) is 3. The fourth-order valence-corrected chi connectivity index (χ4v) is 4.26. The lowest BCUT2D eigenvalue weighted by atomic mass is 10.0. The smallest absolute Gasteiger partial charge is 0.141 e. The van der Waals surface area contributed by atoms with Crippen LogP contribution in [0.2, 0.25) is 0 Å². The predicted molar refractivity (Wildman–Crippen MR) is 136 cm³/mol. The Morgan fingerprint density at radius 3 is 2.53 bits per heavy atom. The summed E-state index contributed by atoms with van der Waals surface area (Å²) in [7, 11) is 1.97. The molecule has 0 amide bonds. The van der Waals surface area contributed by atoms with Crippen molar-refractivity contribution in [3.05, 3.63) is 77.1 Å². The number of halogens is 1. The number of rotatable bonds is 9. The van der Waals surface area contributed by atoms with Gasteiger partial charge in [-0.25, -0.2) is 4.39 Å². The van der Waals surface area contributed by atoms with E-state index in [2.05, 4.69) is 48.2 Å². The highest BCUT2D eigenvalue weighted by atomic mass is 19.1. The van der Waals surface area contributed by atoms with E-state index in [9.17, 15) is 4.39 Å². The molecule has 0 spiro atoms. The topological polar surface area (TPSA) is 59.7 Å². The highest BCUT2D eigenvalue weighted by molar-refractivity contribution is 5.81. The lowest BCUT2D eigenvalue weighted by Crippen LogP contribution is -2.37. The molecule has 1 heterocycles. The van der Waals surface area contributed by atoms with Crippen molar-refractivity contribution in [2.45, 2.75) is 39.2 Å². The number of ether oxygens (including phenoxy) is 1. The first-order valence-electron chi connectivity index (χ1n) is 11.9. The summed E-state index contributed by atoms with van der Waals surface area (Å²) in [5.74, 6) is -0.516. The first kappa shape index (κ1) is 25.5. The third-order valence-electron chi connectivity index (χ3n) is 6.13. The van der Waals surface area contributed by atoms with Gasteiger partial charge in [0, 0.05) is 42.8 Å². The van der Waals surface area contributed by atoms with Crippen LogP contribution in [0.25, 0.3) is 5.70 Å². The molecular formula is C28H34FN3O2. The minimum absolute atomic E-state index is 0.0430. The molecule has 0 atom stereocenters. The van der Waals surface area contributed by atoms with Crippen LogP contribution in [0.4, 0.5) is 15.8 Å². The van der Waals surface area contributed by atoms with E-state index in [1.54, 1.807) is 6.07 Å². The zero-order valence-corrected chi connectivity index (χ0v) is 20.3. The van der Waals surface area contributed by atoms with Gasteiger partial charge in [0.05, 0.1) is 24.9 Å². The molecule has 0 bridgehead atoms. The molecule has 1 aliphatic heterocycles. The van der Waals surface area contributed by atoms with Crippen LogP contribution in [0.5, 0.6) is 0 Å². The van der Waals surface area contributed by atoms with Crippen LogP contribution < -0.4 is 9.80 Å². The summed E-state index contributed by atoms with van der Waals surface area (Å²) in [4.78, 5) is 4.40. The van der Waals surface area contributed by atoms with E-state index in [1.807, 2.05) is 24.9 Å². The molecule has 2 aromatic carbocycles. The molecule has 0 aromatic heterocycles. The largest absolute Gasteiger partial charge is 0.394 e. The number of benzene rings is 2. The van der Waals surface area contributed by atoms with Crippen molar-refractivity contribution in [2.24, 2.45) is 0 Å². The summed E-state index contributed by atoms with van der Waals surface area (Å²) in [5.41, 5.74) is 4.87. The van der Waals surface area contributed by atoms with Crippen molar-refractivity contribution < 1.29 is 14.2 Å². The highest BCUT2D eigenvalue weighted by Gasteiger charge is 2.20. The van der Waals surface area contributed by atoms with Gasteiger partial charge in [0.1, 0.15) is 11.9 Å². The number of hydrogen-bond acceptors (Lipinski definition) is 5. The summed E-state index contributed by atoms with van der Waals surface area (Å²) >= 11 is 0. The second-order valence-corrected chi connectivity index (χ2v) is 8.55. The Hall–Kier alpha value is -3.14. The van der Waals surface area contributed by atoms with Crippen molar-refractivity contribution in [3.8, 4) is 6.07 Å². The molecule has 34 heavy (non-hydrogen) atoms. The number of piperidine rings is 1. The fraction of sp³-hybridized carbons (Fsp3) is 0.393. The Bertz CT molecular complexity index is 1050. The Kier molecular flexibility index (Phi) is 9.26. The number of aliphatic hydroxyl groups is 1. The first-order chi connectivity index (χ1) is 16.5. The maximum atomic E-state index is 14.4. The first-order valence-corrected chi connectivity index (χ1v) is 11.9. The standard InChI is InChI=1S/C28H34FN3O2/c1-4-5-21(2)18-28(22-6-7-23(20-30)27(29)19-22)31(3)24-8-10-25(11-9-24)32-14-12-26(13-15-32)34-17-16-33/h5-11,18-19,26,33H,4,12-17H2,1-3H3/b21-5-,28-18-. The van der Waals surface area contributed by atoms with E-state index in [4.69, 9.17) is 15.1 Å². The quantitative estimate of drug-likeness (QED) is 0.497. The SMILES string of the molecule is CC/C=C(C)\C=C(\c1ccc(C#N)c(F)c1)N(C)c1ccc(N2CCC(OCCO)CC2)cc1. The van der Waals surface area contributed by atoms with E-state index >= 15 is 0 Å². The van der Waals surface area contributed by atoms with Crippen molar-refractivity contribution in [1.82, 2.24) is 0 Å². The van der Waals surface area contributed by atoms with E-state index in [1.165, 1.54) is 12.1 Å². The summed E-state index contributed by atoms with van der Waals surface area (Å²) in [5, 5.41) is 18.0. The van der Waals surface area contributed by atoms with Crippen LogP contribution in [0.3, 0.4) is 0 Å². The number of hydrogen-bond donors (Lipinski definition) is 1. The molecule has 1 fully saturated rings. The van der Waals surface area contributed by atoms with E-state index in [0.717, 1.165) is 60.6 Å². The van der Waals surface area contributed by atoms with Crippen LogP contribution in [-0.2, 0) is 4.74 Å². The van der Waals surface area contributed by atoms with Gasteiger partial charge in [-0.05, 0) is 68.7 Å². The Morgan fingerprint density at radius 1 is 1.24 bits per heavy atom. The van der Waals surface area contributed by atoms with Crippen LogP contribution in [0.15, 0.2) is 60.2 Å². The number of allylic oxidation sites excluding steroid dienone is 3. The normalized spacial score (nSPS) is 15.4. The highest BCUT2D eigenvalue weighted by Crippen LogP contribution is 2.30. The molecule has 6 heteroatoms. The molecule has 0 radical (unpaired) electrons. The molecule has 0 unspecified atom stereocenters. The molecule has 0 aliphatic carbocycles. The number of nitriles is 1. The molecule has 1 aliphatic rings. The molecule has 2 aromatic rings. The average Bonchev–Trinajstić information content (AvgIpc) is 2.86. The third kappa shape index (κ3) is 6.47. The summed E-state index contributed by atoms with van der Waals surface area (Å²) in [6.45, 7) is 6.42. The minimum atomic E-state index is -0.516. The molecule has 0 saturated carbocycles. The van der Waals surface area contributed by atoms with E-state index in [-0.39, 0.29) is 18.3 Å². The van der Waals surface area contributed by atoms with Gasteiger partial charge in [-0.1, -0.05) is 24.6 Å². The zero-order chi connectivity index (χ0) is 24.5. The molecule has 1 saturated heterocycles. The van der Waals surface area contributed by atoms with Crippen molar-refractivity contribution in [2.75, 3.05) is 43.2 Å². The fourth-order valence-electron chi connectivity index (χ4n) is 4.26. The monoisotopic (exact) mass is 463 g/mol. The summed E-state index contributed by atoms with van der Waals surface area (Å²) in [6.07, 6.45) is 7.20. The van der Waals surface area contributed by atoms with Gasteiger partial charge in [0.15, 0.2) is 0 Å². The van der Waals surface area contributed by atoms with Gasteiger partial charge < -0.3 is 19.6 Å². The Morgan fingerprint density at radius 2 is 1.94 bits per heavy atom. The average molecular weight is 464 g/mol. The van der Waals surface area contributed by atoms with Crippen LogP contribution in [0, 0.1) is 17.1 Å². The molecular weight excluding hydrogens is 429 g/mol. The van der Waals surface area contributed by atoms with Gasteiger partial charge in [-0.3, -0.25) is 0 Å².